The fourth-order valence-corrected chi connectivity index (χ4v) is 2.25. The van der Waals surface area contributed by atoms with Crippen molar-refractivity contribution in [3.05, 3.63) is 12.2 Å². The molecule has 0 radical (unpaired) electrons. The molecule has 0 aromatic heterocycles. The monoisotopic (exact) mass is 224 g/mol. The van der Waals surface area contributed by atoms with Gasteiger partial charge in [-0.3, -0.25) is 9.59 Å². The van der Waals surface area contributed by atoms with Gasteiger partial charge in [-0.15, -0.1) is 0 Å². The first-order chi connectivity index (χ1) is 7.69. The third-order valence-electron chi connectivity index (χ3n) is 3.19. The number of allylic oxidation sites excluding steroid dienone is 2. The number of Topliss-reactive ketones (excluding diaryl/α,β-unsaturated/α-hetero) is 1. The Kier molecular flexibility index (Phi) is 5.23. The molecule has 0 aromatic rings. The van der Waals surface area contributed by atoms with Gasteiger partial charge < -0.3 is 4.74 Å². The molecule has 16 heavy (non-hydrogen) atoms. The molecule has 2 atom stereocenters. The SMILES string of the molecule is CCC=CC[C@@H]1C(=O)CC[C@H]1CC(=O)OC. The Morgan fingerprint density at radius 3 is 2.88 bits per heavy atom. The minimum Gasteiger partial charge on any atom is -0.469 e. The van der Waals surface area contributed by atoms with E-state index in [1.165, 1.54) is 7.11 Å². The maximum absolute atomic E-state index is 11.7. The van der Waals surface area contributed by atoms with Gasteiger partial charge in [-0.25, -0.2) is 0 Å². The van der Waals surface area contributed by atoms with E-state index in [-0.39, 0.29) is 17.8 Å². The predicted octanol–water partition coefficient (Wildman–Crippen LogP) is 2.50. The average molecular weight is 224 g/mol. The lowest BCUT2D eigenvalue weighted by atomic mass is 9.89. The summed E-state index contributed by atoms with van der Waals surface area (Å²) in [6, 6.07) is 0. The summed E-state index contributed by atoms with van der Waals surface area (Å²) in [6.07, 6.45) is 7.72. The molecule has 0 spiro atoms. The molecular weight excluding hydrogens is 204 g/mol. The lowest BCUT2D eigenvalue weighted by Gasteiger charge is -2.15. The van der Waals surface area contributed by atoms with E-state index in [2.05, 4.69) is 23.8 Å². The minimum absolute atomic E-state index is 0.0295. The highest BCUT2D eigenvalue weighted by Crippen LogP contribution is 2.34. The van der Waals surface area contributed by atoms with Gasteiger partial charge in [0.25, 0.3) is 0 Å². The van der Waals surface area contributed by atoms with E-state index < -0.39 is 0 Å². The van der Waals surface area contributed by atoms with Crippen LogP contribution in [0.15, 0.2) is 12.2 Å². The summed E-state index contributed by atoms with van der Waals surface area (Å²) in [5.74, 6) is 0.308. The molecule has 1 rings (SSSR count). The summed E-state index contributed by atoms with van der Waals surface area (Å²) >= 11 is 0. The minimum atomic E-state index is -0.204. The molecule has 1 fully saturated rings. The number of hydrogen-bond acceptors (Lipinski definition) is 3. The highest BCUT2D eigenvalue weighted by molar-refractivity contribution is 5.84. The van der Waals surface area contributed by atoms with Crippen LogP contribution in [-0.2, 0) is 14.3 Å². The van der Waals surface area contributed by atoms with Crippen LogP contribution in [0.2, 0.25) is 0 Å². The zero-order valence-corrected chi connectivity index (χ0v) is 10.1. The molecule has 0 amide bonds. The third-order valence-corrected chi connectivity index (χ3v) is 3.19. The normalized spacial score (nSPS) is 25.2. The van der Waals surface area contributed by atoms with E-state index in [0.29, 0.717) is 18.6 Å². The lowest BCUT2D eigenvalue weighted by molar-refractivity contribution is -0.142. The molecule has 3 nitrogen and oxygen atoms in total. The van der Waals surface area contributed by atoms with Gasteiger partial charge >= 0.3 is 5.97 Å². The first kappa shape index (κ1) is 12.9. The molecule has 1 saturated carbocycles. The Bertz CT molecular complexity index is 281. The number of hydrogen-bond donors (Lipinski definition) is 0. The van der Waals surface area contributed by atoms with Gasteiger partial charge in [0, 0.05) is 18.8 Å². The lowest BCUT2D eigenvalue weighted by Crippen LogP contribution is -2.18. The van der Waals surface area contributed by atoms with E-state index >= 15 is 0 Å². The van der Waals surface area contributed by atoms with Crippen LogP contribution in [0.5, 0.6) is 0 Å². The second-order valence-corrected chi connectivity index (χ2v) is 4.27. The Balaban J connectivity index is 2.52. The average Bonchev–Trinajstić information content (AvgIpc) is 2.61. The van der Waals surface area contributed by atoms with Gasteiger partial charge in [-0.1, -0.05) is 19.1 Å². The molecule has 1 aliphatic rings. The topological polar surface area (TPSA) is 43.4 Å². The fourth-order valence-electron chi connectivity index (χ4n) is 2.25. The summed E-state index contributed by atoms with van der Waals surface area (Å²) in [7, 11) is 1.39. The molecule has 0 N–H and O–H groups in total. The van der Waals surface area contributed by atoms with Crippen molar-refractivity contribution in [1.82, 2.24) is 0 Å². The van der Waals surface area contributed by atoms with E-state index in [1.54, 1.807) is 0 Å². The molecule has 3 heteroatoms. The van der Waals surface area contributed by atoms with Gasteiger partial charge in [0.1, 0.15) is 5.78 Å². The first-order valence-electron chi connectivity index (χ1n) is 5.93. The zero-order chi connectivity index (χ0) is 12.0. The number of ether oxygens (including phenoxy) is 1. The molecule has 0 saturated heterocycles. The Labute approximate surface area is 96.9 Å². The van der Waals surface area contributed by atoms with Crippen molar-refractivity contribution in [2.75, 3.05) is 7.11 Å². The van der Waals surface area contributed by atoms with Gasteiger partial charge in [-0.05, 0) is 25.2 Å². The first-order valence-corrected chi connectivity index (χ1v) is 5.93. The van der Waals surface area contributed by atoms with Gasteiger partial charge in [0.2, 0.25) is 0 Å². The Morgan fingerprint density at radius 2 is 2.25 bits per heavy atom. The van der Waals surface area contributed by atoms with Crippen molar-refractivity contribution in [2.45, 2.75) is 39.0 Å². The summed E-state index contributed by atoms with van der Waals surface area (Å²) in [6.45, 7) is 2.07. The van der Waals surface area contributed by atoms with Crippen LogP contribution < -0.4 is 0 Å². The van der Waals surface area contributed by atoms with Crippen molar-refractivity contribution in [3.63, 3.8) is 0 Å². The maximum atomic E-state index is 11.7. The second-order valence-electron chi connectivity index (χ2n) is 4.27. The van der Waals surface area contributed by atoms with E-state index in [0.717, 1.165) is 19.3 Å². The van der Waals surface area contributed by atoms with E-state index in [4.69, 9.17) is 0 Å². The highest BCUT2D eigenvalue weighted by atomic mass is 16.5. The smallest absolute Gasteiger partial charge is 0.305 e. The maximum Gasteiger partial charge on any atom is 0.305 e. The van der Waals surface area contributed by atoms with Crippen LogP contribution in [0.1, 0.15) is 39.0 Å². The van der Waals surface area contributed by atoms with Crippen molar-refractivity contribution >= 4 is 11.8 Å². The van der Waals surface area contributed by atoms with Crippen molar-refractivity contribution < 1.29 is 14.3 Å². The predicted molar refractivity (Wildman–Crippen MR) is 61.9 cm³/mol. The standard InChI is InChI=1S/C13H20O3/c1-3-4-5-6-11-10(7-8-12(11)14)9-13(15)16-2/h4-5,10-11H,3,6-9H2,1-2H3/t10-,11-/m0/s1. The van der Waals surface area contributed by atoms with E-state index in [1.807, 2.05) is 0 Å². The molecule has 0 aromatic carbocycles. The number of rotatable bonds is 5. The van der Waals surface area contributed by atoms with Gasteiger partial charge in [-0.2, -0.15) is 0 Å². The van der Waals surface area contributed by atoms with Crippen molar-refractivity contribution in [2.24, 2.45) is 11.8 Å². The molecule has 0 heterocycles. The van der Waals surface area contributed by atoms with Crippen molar-refractivity contribution in [3.8, 4) is 0 Å². The zero-order valence-electron chi connectivity index (χ0n) is 10.1. The van der Waals surface area contributed by atoms with Crippen molar-refractivity contribution in [1.29, 1.82) is 0 Å². The fraction of sp³-hybridized carbons (Fsp3) is 0.692. The number of methoxy groups -OCH3 is 1. The van der Waals surface area contributed by atoms with Gasteiger partial charge in [0.15, 0.2) is 0 Å². The quantitative estimate of drug-likeness (QED) is 0.532. The number of ketones is 1. The Morgan fingerprint density at radius 1 is 1.50 bits per heavy atom. The molecular formula is C13H20O3. The largest absolute Gasteiger partial charge is 0.469 e. The van der Waals surface area contributed by atoms with E-state index in [9.17, 15) is 9.59 Å². The highest BCUT2D eigenvalue weighted by Gasteiger charge is 2.34. The summed E-state index contributed by atoms with van der Waals surface area (Å²) in [5, 5.41) is 0. The molecule has 1 aliphatic carbocycles. The second kappa shape index (κ2) is 6.46. The number of esters is 1. The summed E-state index contributed by atoms with van der Waals surface area (Å²) < 4.78 is 4.65. The molecule has 0 aliphatic heterocycles. The summed E-state index contributed by atoms with van der Waals surface area (Å²) in [4.78, 5) is 22.9. The third kappa shape index (κ3) is 3.47. The van der Waals surface area contributed by atoms with Crippen LogP contribution in [0.25, 0.3) is 0 Å². The van der Waals surface area contributed by atoms with Crippen LogP contribution in [-0.4, -0.2) is 18.9 Å². The van der Waals surface area contributed by atoms with Crippen LogP contribution >= 0.6 is 0 Å². The van der Waals surface area contributed by atoms with Gasteiger partial charge in [0.05, 0.1) is 7.11 Å². The van der Waals surface area contributed by atoms with Crippen LogP contribution in [0.3, 0.4) is 0 Å². The summed E-state index contributed by atoms with van der Waals surface area (Å²) in [5.41, 5.74) is 0. The molecule has 90 valence electrons. The van der Waals surface area contributed by atoms with Crippen LogP contribution in [0.4, 0.5) is 0 Å². The molecule has 0 unspecified atom stereocenters. The number of carbonyl (C=O) groups is 2. The van der Waals surface area contributed by atoms with Crippen LogP contribution in [0, 0.1) is 11.8 Å². The molecule has 0 bridgehead atoms. The Hall–Kier alpha value is -1.12. The number of carbonyl (C=O) groups excluding carboxylic acids is 2.